The van der Waals surface area contributed by atoms with Crippen molar-refractivity contribution in [1.82, 2.24) is 9.21 Å². The van der Waals surface area contributed by atoms with Gasteiger partial charge in [-0.05, 0) is 42.0 Å². The Labute approximate surface area is 169 Å². The zero-order chi connectivity index (χ0) is 20.0. The fourth-order valence-electron chi connectivity index (χ4n) is 3.02. The third-order valence-corrected chi connectivity index (χ3v) is 7.50. The van der Waals surface area contributed by atoms with Crippen LogP contribution in [0.5, 0.6) is 0 Å². The Kier molecular flexibility index (Phi) is 7.09. The maximum atomic E-state index is 13.0. The molecule has 0 unspecified atom stereocenters. The van der Waals surface area contributed by atoms with E-state index in [0.717, 1.165) is 24.3 Å². The van der Waals surface area contributed by atoms with Gasteiger partial charge in [0.2, 0.25) is 15.9 Å². The molecule has 0 aliphatic carbocycles. The van der Waals surface area contributed by atoms with E-state index in [0.29, 0.717) is 18.8 Å². The average molecular weight is 423 g/mol. The molecule has 1 amide bonds. The summed E-state index contributed by atoms with van der Waals surface area (Å²) in [4.78, 5) is 14.2. The van der Waals surface area contributed by atoms with Gasteiger partial charge < -0.3 is 4.90 Å². The highest BCUT2D eigenvalue weighted by Crippen LogP contribution is 2.18. The van der Waals surface area contributed by atoms with E-state index < -0.39 is 15.8 Å². The molecule has 0 N–H and O–H groups in total. The quantitative estimate of drug-likeness (QED) is 0.644. The highest BCUT2D eigenvalue weighted by atomic mass is 32.2. The molecule has 1 saturated heterocycles. The molecule has 3 rings (SSSR count). The lowest BCUT2D eigenvalue weighted by Crippen LogP contribution is -2.51. The Morgan fingerprint density at radius 3 is 2.25 bits per heavy atom. The first-order valence-electron chi connectivity index (χ1n) is 9.12. The SMILES string of the molecule is O=C(CSCCc1ccccc1)N1CCN(S(=O)(=O)c2ccc(F)cc2)CC1. The number of hydrogen-bond donors (Lipinski definition) is 0. The summed E-state index contributed by atoms with van der Waals surface area (Å²) in [5.41, 5.74) is 1.25. The number of hydrogen-bond acceptors (Lipinski definition) is 4. The van der Waals surface area contributed by atoms with Crippen LogP contribution in [0.3, 0.4) is 0 Å². The molecule has 150 valence electrons. The predicted octanol–water partition coefficient (Wildman–Crippen LogP) is 2.63. The first-order valence-corrected chi connectivity index (χ1v) is 11.7. The molecule has 1 aliphatic heterocycles. The fourth-order valence-corrected chi connectivity index (χ4v) is 5.32. The minimum atomic E-state index is -3.66. The zero-order valence-corrected chi connectivity index (χ0v) is 17.1. The van der Waals surface area contributed by atoms with E-state index >= 15 is 0 Å². The van der Waals surface area contributed by atoms with Crippen molar-refractivity contribution < 1.29 is 17.6 Å². The third-order valence-electron chi connectivity index (χ3n) is 4.65. The maximum Gasteiger partial charge on any atom is 0.243 e. The van der Waals surface area contributed by atoms with Crippen molar-refractivity contribution >= 4 is 27.7 Å². The molecule has 0 bridgehead atoms. The fraction of sp³-hybridized carbons (Fsp3) is 0.350. The second-order valence-corrected chi connectivity index (χ2v) is 9.57. The van der Waals surface area contributed by atoms with Gasteiger partial charge >= 0.3 is 0 Å². The molecular formula is C20H23FN2O3S2. The number of carbonyl (C=O) groups is 1. The normalized spacial score (nSPS) is 15.5. The summed E-state index contributed by atoms with van der Waals surface area (Å²) in [6, 6.07) is 15.0. The second kappa shape index (κ2) is 9.54. The van der Waals surface area contributed by atoms with Gasteiger partial charge in [0.25, 0.3) is 0 Å². The molecule has 28 heavy (non-hydrogen) atoms. The summed E-state index contributed by atoms with van der Waals surface area (Å²) in [5, 5.41) is 0. The summed E-state index contributed by atoms with van der Waals surface area (Å²) < 4.78 is 39.6. The van der Waals surface area contributed by atoms with Gasteiger partial charge in [0, 0.05) is 26.2 Å². The van der Waals surface area contributed by atoms with Crippen LogP contribution < -0.4 is 0 Å². The van der Waals surface area contributed by atoms with E-state index in [9.17, 15) is 17.6 Å². The van der Waals surface area contributed by atoms with E-state index in [1.807, 2.05) is 18.2 Å². The molecule has 1 heterocycles. The number of sulfonamides is 1. The lowest BCUT2D eigenvalue weighted by Gasteiger charge is -2.34. The van der Waals surface area contributed by atoms with Crippen LogP contribution in [0.2, 0.25) is 0 Å². The number of thioether (sulfide) groups is 1. The van der Waals surface area contributed by atoms with Crippen molar-refractivity contribution in [3.05, 3.63) is 66.0 Å². The van der Waals surface area contributed by atoms with Crippen molar-refractivity contribution in [2.75, 3.05) is 37.7 Å². The Morgan fingerprint density at radius 1 is 0.964 bits per heavy atom. The topological polar surface area (TPSA) is 57.7 Å². The number of benzene rings is 2. The van der Waals surface area contributed by atoms with E-state index in [2.05, 4.69) is 12.1 Å². The number of aryl methyl sites for hydroxylation is 1. The van der Waals surface area contributed by atoms with E-state index in [1.54, 1.807) is 16.7 Å². The minimum absolute atomic E-state index is 0.0388. The monoisotopic (exact) mass is 422 g/mol. The van der Waals surface area contributed by atoms with Gasteiger partial charge in [-0.25, -0.2) is 12.8 Å². The molecule has 0 spiro atoms. The van der Waals surface area contributed by atoms with Crippen LogP contribution in [0, 0.1) is 5.82 Å². The highest BCUT2D eigenvalue weighted by molar-refractivity contribution is 7.99. The van der Waals surface area contributed by atoms with Crippen LogP contribution in [0.25, 0.3) is 0 Å². The first kappa shape index (κ1) is 20.8. The van der Waals surface area contributed by atoms with Crippen molar-refractivity contribution in [2.45, 2.75) is 11.3 Å². The molecule has 2 aromatic rings. The van der Waals surface area contributed by atoms with E-state index in [4.69, 9.17) is 0 Å². The lowest BCUT2D eigenvalue weighted by atomic mass is 10.2. The zero-order valence-electron chi connectivity index (χ0n) is 15.5. The van der Waals surface area contributed by atoms with Crippen LogP contribution in [0.1, 0.15) is 5.56 Å². The van der Waals surface area contributed by atoms with Gasteiger partial charge in [0.05, 0.1) is 10.6 Å². The summed E-state index contributed by atoms with van der Waals surface area (Å²) in [6.45, 7) is 1.25. The molecule has 2 aromatic carbocycles. The average Bonchev–Trinajstić information content (AvgIpc) is 2.72. The van der Waals surface area contributed by atoms with Crippen molar-refractivity contribution in [3.63, 3.8) is 0 Å². The molecule has 8 heteroatoms. The number of amides is 1. The molecule has 0 saturated carbocycles. The molecular weight excluding hydrogens is 399 g/mol. The van der Waals surface area contributed by atoms with Crippen molar-refractivity contribution in [1.29, 1.82) is 0 Å². The van der Waals surface area contributed by atoms with E-state index in [-0.39, 0.29) is 23.9 Å². The Balaban J connectivity index is 1.44. The Morgan fingerprint density at radius 2 is 1.61 bits per heavy atom. The maximum absolute atomic E-state index is 13.0. The minimum Gasteiger partial charge on any atom is -0.339 e. The van der Waals surface area contributed by atoms with Gasteiger partial charge in [0.1, 0.15) is 5.82 Å². The van der Waals surface area contributed by atoms with Gasteiger partial charge in [0.15, 0.2) is 0 Å². The lowest BCUT2D eigenvalue weighted by molar-refractivity contribution is -0.129. The Hall–Kier alpha value is -1.90. The van der Waals surface area contributed by atoms with Crippen molar-refractivity contribution in [3.8, 4) is 0 Å². The van der Waals surface area contributed by atoms with Crippen LogP contribution >= 0.6 is 11.8 Å². The third kappa shape index (κ3) is 5.33. The predicted molar refractivity (Wildman–Crippen MR) is 109 cm³/mol. The summed E-state index contributed by atoms with van der Waals surface area (Å²) in [5.74, 6) is 0.836. The molecule has 1 aliphatic rings. The highest BCUT2D eigenvalue weighted by Gasteiger charge is 2.29. The van der Waals surface area contributed by atoms with Gasteiger partial charge in [-0.15, -0.1) is 0 Å². The molecule has 5 nitrogen and oxygen atoms in total. The molecule has 0 aromatic heterocycles. The van der Waals surface area contributed by atoms with Gasteiger partial charge in [-0.1, -0.05) is 30.3 Å². The summed E-state index contributed by atoms with van der Waals surface area (Å²) in [6.07, 6.45) is 0.919. The summed E-state index contributed by atoms with van der Waals surface area (Å²) >= 11 is 1.60. The number of piperazine rings is 1. The van der Waals surface area contributed by atoms with Crippen LogP contribution in [0.4, 0.5) is 4.39 Å². The molecule has 0 atom stereocenters. The van der Waals surface area contributed by atoms with E-state index in [1.165, 1.54) is 22.0 Å². The van der Waals surface area contributed by atoms with Gasteiger partial charge in [-0.2, -0.15) is 16.1 Å². The number of rotatable bonds is 7. The van der Waals surface area contributed by atoms with Crippen molar-refractivity contribution in [2.24, 2.45) is 0 Å². The number of carbonyl (C=O) groups excluding carboxylic acids is 1. The molecule has 0 radical (unpaired) electrons. The largest absolute Gasteiger partial charge is 0.339 e. The van der Waals surface area contributed by atoms with Crippen LogP contribution in [0.15, 0.2) is 59.5 Å². The Bertz CT molecular complexity index is 881. The smallest absolute Gasteiger partial charge is 0.243 e. The summed E-state index contributed by atoms with van der Waals surface area (Å²) in [7, 11) is -3.66. The standard InChI is InChI=1S/C20H23FN2O3S2/c21-18-6-8-19(9-7-18)28(25,26)23-13-11-22(12-14-23)20(24)16-27-15-10-17-4-2-1-3-5-17/h1-9H,10-16H2. The number of halogens is 1. The molecule has 1 fully saturated rings. The van der Waals surface area contributed by atoms with Gasteiger partial charge in [-0.3, -0.25) is 4.79 Å². The number of nitrogens with zero attached hydrogens (tertiary/aromatic N) is 2. The first-order chi connectivity index (χ1) is 13.5. The van der Waals surface area contributed by atoms with Crippen LogP contribution in [-0.4, -0.2) is 61.2 Å². The second-order valence-electron chi connectivity index (χ2n) is 6.53. The van der Waals surface area contributed by atoms with Crippen LogP contribution in [-0.2, 0) is 21.2 Å².